The summed E-state index contributed by atoms with van der Waals surface area (Å²) in [5.41, 5.74) is 0.286. The van der Waals surface area contributed by atoms with Crippen molar-refractivity contribution in [2.75, 3.05) is 5.75 Å². The van der Waals surface area contributed by atoms with Gasteiger partial charge in [-0.2, -0.15) is 0 Å². The lowest BCUT2D eigenvalue weighted by Gasteiger charge is -2.33. The molecule has 20 heavy (non-hydrogen) atoms. The molecule has 4 unspecified atom stereocenters. The summed E-state index contributed by atoms with van der Waals surface area (Å²) in [7, 11) is 0. The van der Waals surface area contributed by atoms with Crippen LogP contribution in [0.15, 0.2) is 0 Å². The van der Waals surface area contributed by atoms with Crippen LogP contribution in [0.4, 0.5) is 0 Å². The highest BCUT2D eigenvalue weighted by Gasteiger charge is 2.31. The Hall–Kier alpha value is -0.420. The Morgan fingerprint density at radius 3 is 2.70 bits per heavy atom. The van der Waals surface area contributed by atoms with E-state index in [4.69, 9.17) is 6.42 Å². The van der Waals surface area contributed by atoms with E-state index in [1.165, 1.54) is 6.42 Å². The van der Waals surface area contributed by atoms with E-state index in [1.54, 1.807) is 11.8 Å². The third-order valence-corrected chi connectivity index (χ3v) is 5.80. The van der Waals surface area contributed by atoms with E-state index in [2.05, 4.69) is 40.5 Å². The van der Waals surface area contributed by atoms with Gasteiger partial charge in [-0.3, -0.25) is 4.79 Å². The fourth-order valence-corrected chi connectivity index (χ4v) is 4.58. The van der Waals surface area contributed by atoms with Crippen LogP contribution in [0.25, 0.3) is 0 Å². The van der Waals surface area contributed by atoms with Crippen molar-refractivity contribution in [1.29, 1.82) is 0 Å². The molecule has 1 aliphatic heterocycles. The van der Waals surface area contributed by atoms with Gasteiger partial charge in [0, 0.05) is 17.6 Å². The average molecular weight is 295 g/mol. The minimum atomic E-state index is 0.228. The monoisotopic (exact) mass is 294 g/mol. The van der Waals surface area contributed by atoms with E-state index in [0.29, 0.717) is 22.9 Å². The smallest absolute Gasteiger partial charge is 0.192 e. The highest BCUT2D eigenvalue weighted by molar-refractivity contribution is 8.13. The molecule has 0 radical (unpaired) electrons. The Bertz CT molecular complexity index is 366. The summed E-state index contributed by atoms with van der Waals surface area (Å²) in [5.74, 6) is 5.47. The van der Waals surface area contributed by atoms with Crippen LogP contribution in [-0.4, -0.2) is 10.9 Å². The summed E-state index contributed by atoms with van der Waals surface area (Å²) in [6, 6.07) is 0. The van der Waals surface area contributed by atoms with Gasteiger partial charge in [0.25, 0.3) is 0 Å². The number of thioether (sulfide) groups is 1. The van der Waals surface area contributed by atoms with Crippen molar-refractivity contribution in [1.82, 2.24) is 0 Å². The van der Waals surface area contributed by atoms with Gasteiger partial charge >= 0.3 is 0 Å². The topological polar surface area (TPSA) is 17.1 Å². The first-order valence-corrected chi connectivity index (χ1v) is 8.85. The van der Waals surface area contributed by atoms with Gasteiger partial charge in [-0.25, -0.2) is 0 Å². The molecule has 0 aromatic carbocycles. The molecule has 2 heteroatoms. The van der Waals surface area contributed by atoms with Crippen LogP contribution in [0.3, 0.4) is 0 Å². The van der Waals surface area contributed by atoms with Gasteiger partial charge < -0.3 is 0 Å². The van der Waals surface area contributed by atoms with Crippen molar-refractivity contribution in [3.05, 3.63) is 0 Å². The lowest BCUT2D eigenvalue weighted by Crippen LogP contribution is -2.28. The second kappa shape index (κ2) is 7.55. The third-order valence-electron chi connectivity index (χ3n) is 4.25. The minimum Gasteiger partial charge on any atom is -0.287 e. The normalized spacial score (nSPS) is 29.9. The number of carbonyl (C=O) groups is 1. The van der Waals surface area contributed by atoms with E-state index in [-0.39, 0.29) is 11.3 Å². The fraction of sp³-hybridized carbons (Fsp3) is 0.833. The summed E-state index contributed by atoms with van der Waals surface area (Å²) < 4.78 is 0. The first-order chi connectivity index (χ1) is 9.23. The van der Waals surface area contributed by atoms with Gasteiger partial charge in [0.1, 0.15) is 0 Å². The van der Waals surface area contributed by atoms with Crippen LogP contribution >= 0.6 is 11.8 Å². The molecule has 1 rings (SSSR count). The van der Waals surface area contributed by atoms with Gasteiger partial charge in [0.05, 0.1) is 0 Å². The molecule has 0 spiro atoms. The maximum Gasteiger partial charge on any atom is 0.192 e. The van der Waals surface area contributed by atoms with Crippen molar-refractivity contribution in [3.8, 4) is 12.3 Å². The van der Waals surface area contributed by atoms with Crippen LogP contribution in [0.5, 0.6) is 0 Å². The van der Waals surface area contributed by atoms with Crippen LogP contribution in [0.1, 0.15) is 60.3 Å². The van der Waals surface area contributed by atoms with E-state index < -0.39 is 0 Å². The highest BCUT2D eigenvalue weighted by atomic mass is 32.2. The molecule has 114 valence electrons. The molecule has 0 bridgehead atoms. The Labute approximate surface area is 129 Å². The molecule has 1 aliphatic rings. The Balaban J connectivity index is 2.60. The molecule has 4 atom stereocenters. The number of hydrogen-bond donors (Lipinski definition) is 0. The maximum atomic E-state index is 12.4. The predicted octanol–water partition coefficient (Wildman–Crippen LogP) is 5.00. The van der Waals surface area contributed by atoms with Gasteiger partial charge in [-0.1, -0.05) is 46.4 Å². The van der Waals surface area contributed by atoms with Crippen LogP contribution in [-0.2, 0) is 4.79 Å². The zero-order valence-electron chi connectivity index (χ0n) is 13.7. The maximum absolute atomic E-state index is 12.4. The van der Waals surface area contributed by atoms with Gasteiger partial charge in [-0.15, -0.1) is 12.3 Å². The largest absolute Gasteiger partial charge is 0.287 e. The molecule has 0 aromatic heterocycles. The molecule has 1 nitrogen and oxygen atoms in total. The third kappa shape index (κ3) is 5.92. The van der Waals surface area contributed by atoms with E-state index >= 15 is 0 Å². The molecule has 0 N–H and O–H groups in total. The van der Waals surface area contributed by atoms with Crippen molar-refractivity contribution >= 4 is 16.9 Å². The number of terminal acetylenes is 1. The quantitative estimate of drug-likeness (QED) is 0.678. The van der Waals surface area contributed by atoms with E-state index in [0.717, 1.165) is 25.0 Å². The van der Waals surface area contributed by atoms with E-state index in [1.807, 2.05) is 0 Å². The summed E-state index contributed by atoms with van der Waals surface area (Å²) >= 11 is 1.56. The minimum absolute atomic E-state index is 0.228. The Morgan fingerprint density at radius 1 is 1.45 bits per heavy atom. The zero-order valence-corrected chi connectivity index (χ0v) is 14.6. The SMILES string of the molecule is C#CC(C)CC(C)CC1CC(C)CC(C)(C)CSC1=O. The van der Waals surface area contributed by atoms with Crippen LogP contribution < -0.4 is 0 Å². The van der Waals surface area contributed by atoms with Gasteiger partial charge in [0.15, 0.2) is 5.12 Å². The standard InChI is InChI=1S/C18H30OS/c1-7-13(2)8-14(3)9-16-10-15(4)11-18(5,6)12-20-17(16)19/h1,13-16H,8-12H2,2-6H3. The molecule has 0 amide bonds. The molecular formula is C18H30OS. The van der Waals surface area contributed by atoms with Crippen molar-refractivity contribution < 1.29 is 4.79 Å². The number of rotatable bonds is 4. The summed E-state index contributed by atoms with van der Waals surface area (Å²) in [6.07, 6.45) is 9.76. The second-order valence-corrected chi connectivity index (χ2v) is 8.64. The highest BCUT2D eigenvalue weighted by Crippen LogP contribution is 2.39. The molecule has 1 heterocycles. The van der Waals surface area contributed by atoms with Crippen LogP contribution in [0, 0.1) is 41.4 Å². The van der Waals surface area contributed by atoms with Crippen LogP contribution in [0.2, 0.25) is 0 Å². The van der Waals surface area contributed by atoms with Crippen molar-refractivity contribution in [2.24, 2.45) is 29.1 Å². The molecule has 0 aliphatic carbocycles. The fourth-order valence-electron chi connectivity index (χ4n) is 3.50. The Morgan fingerprint density at radius 2 is 2.10 bits per heavy atom. The molecule has 1 saturated heterocycles. The zero-order chi connectivity index (χ0) is 15.3. The number of hydrogen-bond acceptors (Lipinski definition) is 2. The first-order valence-electron chi connectivity index (χ1n) is 7.86. The summed E-state index contributed by atoms with van der Waals surface area (Å²) in [6.45, 7) is 11.2. The molecule has 0 aromatic rings. The predicted molar refractivity (Wildman–Crippen MR) is 89.5 cm³/mol. The average Bonchev–Trinajstić information content (AvgIpc) is 2.33. The lowest BCUT2D eigenvalue weighted by atomic mass is 9.79. The molecule has 0 saturated carbocycles. The Kier molecular flexibility index (Phi) is 6.65. The van der Waals surface area contributed by atoms with Gasteiger partial charge in [-0.05, 0) is 42.9 Å². The van der Waals surface area contributed by atoms with Crippen molar-refractivity contribution in [2.45, 2.75) is 60.3 Å². The first kappa shape index (κ1) is 17.6. The summed E-state index contributed by atoms with van der Waals surface area (Å²) in [4.78, 5) is 12.4. The van der Waals surface area contributed by atoms with E-state index in [9.17, 15) is 4.79 Å². The molecule has 1 fully saturated rings. The lowest BCUT2D eigenvalue weighted by molar-refractivity contribution is -0.115. The molecular weight excluding hydrogens is 264 g/mol. The van der Waals surface area contributed by atoms with Gasteiger partial charge in [0.2, 0.25) is 0 Å². The second-order valence-electron chi connectivity index (χ2n) is 7.66. The summed E-state index contributed by atoms with van der Waals surface area (Å²) in [5, 5.41) is 0.407. The number of carbonyl (C=O) groups excluding carboxylic acids is 1. The van der Waals surface area contributed by atoms with Crippen molar-refractivity contribution in [3.63, 3.8) is 0 Å².